The number of aromatic amines is 1. The lowest BCUT2D eigenvalue weighted by molar-refractivity contribution is 0.925. The Kier molecular flexibility index (Phi) is 3.31. The van der Waals surface area contributed by atoms with E-state index in [-0.39, 0.29) is 4.99 Å². The molecular formula is C8H9N5S3. The first-order valence-corrected chi connectivity index (χ1v) is 7.17. The van der Waals surface area contributed by atoms with E-state index < -0.39 is 0 Å². The van der Waals surface area contributed by atoms with E-state index in [4.69, 9.17) is 18.0 Å². The molecule has 0 bridgehead atoms. The van der Waals surface area contributed by atoms with Crippen LogP contribution in [-0.4, -0.2) is 37.7 Å². The molecule has 0 spiro atoms. The number of hydrogen-bond donors (Lipinski definition) is 2. The molecule has 0 aliphatic rings. The second-order valence-corrected chi connectivity index (χ2v) is 4.89. The summed E-state index contributed by atoms with van der Waals surface area (Å²) in [4.78, 5) is 8.96. The number of H-pyrrole nitrogens is 1. The Morgan fingerprint density at radius 2 is 2.06 bits per heavy atom. The largest absolute Gasteiger partial charge is 0.388 e. The molecule has 16 heavy (non-hydrogen) atoms. The molecule has 84 valence electrons. The van der Waals surface area contributed by atoms with Crippen LogP contribution in [0.15, 0.2) is 10.2 Å². The molecule has 0 aromatic carbocycles. The Balaban J connectivity index is 2.77. The van der Waals surface area contributed by atoms with E-state index in [1.807, 2.05) is 12.5 Å². The van der Waals surface area contributed by atoms with Gasteiger partial charge in [0.2, 0.25) is 0 Å². The molecule has 2 aromatic rings. The molecule has 2 rings (SSSR count). The molecule has 2 heterocycles. The number of fused-ring (bicyclic) bond motifs is 1. The van der Waals surface area contributed by atoms with Crippen molar-refractivity contribution in [3.63, 3.8) is 0 Å². The number of nitrogens with one attached hydrogen (secondary N) is 1. The van der Waals surface area contributed by atoms with Crippen LogP contribution in [0.3, 0.4) is 0 Å². The number of thiocarbonyl (C=S) groups is 1. The zero-order chi connectivity index (χ0) is 11.7. The first-order valence-electron chi connectivity index (χ1n) is 4.31. The Morgan fingerprint density at radius 1 is 1.31 bits per heavy atom. The van der Waals surface area contributed by atoms with E-state index in [0.29, 0.717) is 16.5 Å². The summed E-state index contributed by atoms with van der Waals surface area (Å²) in [5, 5.41) is 9.22. The first kappa shape index (κ1) is 11.6. The average molecular weight is 271 g/mol. The van der Waals surface area contributed by atoms with Crippen molar-refractivity contribution in [2.24, 2.45) is 5.73 Å². The summed E-state index contributed by atoms with van der Waals surface area (Å²) in [5.41, 5.74) is 6.84. The number of hydrogen-bond acceptors (Lipinski definition) is 6. The predicted molar refractivity (Wildman–Crippen MR) is 71.1 cm³/mol. The maximum atomic E-state index is 5.61. The fraction of sp³-hybridized carbons (Fsp3) is 0.250. The minimum Gasteiger partial charge on any atom is -0.388 e. The fourth-order valence-corrected chi connectivity index (χ4v) is 2.43. The summed E-state index contributed by atoms with van der Waals surface area (Å²) in [5.74, 6) is 0. The third-order valence-electron chi connectivity index (χ3n) is 1.98. The highest BCUT2D eigenvalue weighted by Gasteiger charge is 2.15. The average Bonchev–Trinajstić information content (AvgIpc) is 2.71. The van der Waals surface area contributed by atoms with Gasteiger partial charge in [0.15, 0.2) is 10.8 Å². The van der Waals surface area contributed by atoms with Gasteiger partial charge in [0.05, 0.1) is 5.39 Å². The van der Waals surface area contributed by atoms with Gasteiger partial charge in [-0.1, -0.05) is 24.0 Å². The summed E-state index contributed by atoms with van der Waals surface area (Å²) in [6.45, 7) is 0. The first-order chi connectivity index (χ1) is 7.67. The summed E-state index contributed by atoms with van der Waals surface area (Å²) < 4.78 is 0. The van der Waals surface area contributed by atoms with Crippen molar-refractivity contribution in [3.8, 4) is 0 Å². The Labute approximate surface area is 106 Å². The van der Waals surface area contributed by atoms with E-state index in [9.17, 15) is 0 Å². The van der Waals surface area contributed by atoms with Gasteiger partial charge in [-0.3, -0.25) is 5.10 Å². The van der Waals surface area contributed by atoms with Crippen molar-refractivity contribution in [1.29, 1.82) is 0 Å². The molecule has 0 atom stereocenters. The Hall–Kier alpha value is -0.860. The maximum Gasteiger partial charge on any atom is 0.190 e. The summed E-state index contributed by atoms with van der Waals surface area (Å²) in [6, 6.07) is 0. The highest BCUT2D eigenvalue weighted by molar-refractivity contribution is 7.99. The van der Waals surface area contributed by atoms with Crippen LogP contribution in [0.5, 0.6) is 0 Å². The Bertz CT molecular complexity index is 550. The summed E-state index contributed by atoms with van der Waals surface area (Å²) >= 11 is 7.95. The standard InChI is InChI=1S/C8H9N5S3/c1-15-7-3-4(5(9)14)12-13-6(3)10-8(11-7)16-2/h1-2H3,(H2,9,14)(H,10,11,12,13). The van der Waals surface area contributed by atoms with Crippen LogP contribution in [0.2, 0.25) is 0 Å². The molecular weight excluding hydrogens is 262 g/mol. The van der Waals surface area contributed by atoms with E-state index in [1.54, 1.807) is 0 Å². The number of aromatic nitrogens is 4. The molecule has 0 aliphatic carbocycles. The SMILES string of the molecule is CSc1nc(SC)c2c(C(N)=S)[nH]nc2n1. The van der Waals surface area contributed by atoms with Crippen LogP contribution < -0.4 is 5.73 Å². The smallest absolute Gasteiger partial charge is 0.190 e. The number of rotatable bonds is 3. The van der Waals surface area contributed by atoms with Gasteiger partial charge in [0.25, 0.3) is 0 Å². The minimum absolute atomic E-state index is 0.276. The van der Waals surface area contributed by atoms with Gasteiger partial charge in [0, 0.05) is 0 Å². The molecule has 0 aliphatic heterocycles. The van der Waals surface area contributed by atoms with Gasteiger partial charge < -0.3 is 5.73 Å². The summed E-state index contributed by atoms with van der Waals surface area (Å²) in [7, 11) is 0. The third-order valence-corrected chi connectivity index (χ3v) is 3.42. The molecule has 2 aromatic heterocycles. The van der Waals surface area contributed by atoms with E-state index >= 15 is 0 Å². The van der Waals surface area contributed by atoms with Crippen LogP contribution in [0.4, 0.5) is 0 Å². The molecule has 0 saturated heterocycles. The van der Waals surface area contributed by atoms with Crippen molar-refractivity contribution in [1.82, 2.24) is 20.2 Å². The molecule has 0 radical (unpaired) electrons. The highest BCUT2D eigenvalue weighted by atomic mass is 32.2. The van der Waals surface area contributed by atoms with Gasteiger partial charge in [-0.25, -0.2) is 9.97 Å². The molecule has 5 nitrogen and oxygen atoms in total. The Morgan fingerprint density at radius 3 is 2.62 bits per heavy atom. The topological polar surface area (TPSA) is 80.5 Å². The summed E-state index contributed by atoms with van der Waals surface area (Å²) in [6.07, 6.45) is 3.87. The molecule has 8 heteroatoms. The molecule has 0 saturated carbocycles. The lowest BCUT2D eigenvalue weighted by Gasteiger charge is -2.01. The normalized spacial score (nSPS) is 10.9. The molecule has 0 fully saturated rings. The zero-order valence-corrected chi connectivity index (χ0v) is 11.1. The van der Waals surface area contributed by atoms with Crippen molar-refractivity contribution < 1.29 is 0 Å². The zero-order valence-electron chi connectivity index (χ0n) is 8.64. The van der Waals surface area contributed by atoms with Crippen molar-refractivity contribution in [3.05, 3.63) is 5.69 Å². The molecule has 3 N–H and O–H groups in total. The fourth-order valence-electron chi connectivity index (χ4n) is 1.29. The van der Waals surface area contributed by atoms with Gasteiger partial charge in [-0.2, -0.15) is 5.10 Å². The van der Waals surface area contributed by atoms with E-state index in [1.165, 1.54) is 23.5 Å². The maximum absolute atomic E-state index is 5.61. The van der Waals surface area contributed by atoms with Gasteiger partial charge in [-0.15, -0.1) is 11.8 Å². The predicted octanol–water partition coefficient (Wildman–Crippen LogP) is 1.43. The van der Waals surface area contributed by atoms with Crippen LogP contribution in [-0.2, 0) is 0 Å². The number of nitrogens with zero attached hydrogens (tertiary/aromatic N) is 3. The van der Waals surface area contributed by atoms with Crippen LogP contribution in [0.25, 0.3) is 11.0 Å². The van der Waals surface area contributed by atoms with Crippen LogP contribution in [0, 0.1) is 0 Å². The van der Waals surface area contributed by atoms with Gasteiger partial charge >= 0.3 is 0 Å². The molecule has 0 amide bonds. The highest BCUT2D eigenvalue weighted by Crippen LogP contribution is 2.27. The second kappa shape index (κ2) is 4.56. The lowest BCUT2D eigenvalue weighted by atomic mass is 10.3. The van der Waals surface area contributed by atoms with Crippen molar-refractivity contribution in [2.45, 2.75) is 10.2 Å². The monoisotopic (exact) mass is 271 g/mol. The van der Waals surface area contributed by atoms with E-state index in [2.05, 4.69) is 20.2 Å². The van der Waals surface area contributed by atoms with Gasteiger partial charge in [0.1, 0.15) is 15.7 Å². The van der Waals surface area contributed by atoms with Crippen LogP contribution >= 0.6 is 35.7 Å². The number of thioether (sulfide) groups is 2. The third kappa shape index (κ3) is 1.87. The van der Waals surface area contributed by atoms with Crippen molar-refractivity contribution in [2.75, 3.05) is 12.5 Å². The van der Waals surface area contributed by atoms with Crippen molar-refractivity contribution >= 4 is 51.8 Å². The lowest BCUT2D eigenvalue weighted by Crippen LogP contribution is -2.10. The van der Waals surface area contributed by atoms with Gasteiger partial charge in [-0.05, 0) is 12.5 Å². The minimum atomic E-state index is 0.276. The quantitative estimate of drug-likeness (QED) is 0.378. The van der Waals surface area contributed by atoms with Crippen LogP contribution in [0.1, 0.15) is 5.69 Å². The second-order valence-electron chi connectivity index (χ2n) is 2.88. The molecule has 0 unspecified atom stereocenters. The number of nitrogens with two attached hydrogens (primary N) is 1. The van der Waals surface area contributed by atoms with E-state index in [0.717, 1.165) is 10.4 Å².